The molecule has 8 heteroatoms. The van der Waals surface area contributed by atoms with Gasteiger partial charge in [0.25, 0.3) is 5.91 Å². The van der Waals surface area contributed by atoms with Gasteiger partial charge < -0.3 is 25.2 Å². The van der Waals surface area contributed by atoms with Crippen molar-refractivity contribution in [3.63, 3.8) is 0 Å². The highest BCUT2D eigenvalue weighted by molar-refractivity contribution is 6.04. The van der Waals surface area contributed by atoms with Crippen molar-refractivity contribution in [3.05, 3.63) is 84.4 Å². The number of anilines is 3. The molecule has 8 nitrogen and oxygen atoms in total. The summed E-state index contributed by atoms with van der Waals surface area (Å²) in [5.74, 6) is -0.519. The van der Waals surface area contributed by atoms with Crippen LogP contribution in [-0.4, -0.2) is 51.5 Å². The molecular weight excluding hydrogens is 444 g/mol. The van der Waals surface area contributed by atoms with Crippen LogP contribution in [0.5, 0.6) is 5.75 Å². The van der Waals surface area contributed by atoms with Crippen molar-refractivity contribution in [2.75, 3.05) is 48.5 Å². The van der Waals surface area contributed by atoms with Gasteiger partial charge in [0.1, 0.15) is 12.3 Å². The monoisotopic (exact) mass is 474 g/mol. The highest BCUT2D eigenvalue weighted by atomic mass is 16.5. The van der Waals surface area contributed by atoms with Crippen molar-refractivity contribution in [2.45, 2.75) is 6.92 Å². The van der Waals surface area contributed by atoms with Gasteiger partial charge in [-0.25, -0.2) is 0 Å². The Morgan fingerprint density at radius 1 is 0.743 bits per heavy atom. The molecule has 3 aromatic rings. The summed E-state index contributed by atoms with van der Waals surface area (Å²) < 4.78 is 5.71. The molecule has 0 saturated carbocycles. The Kier molecular flexibility index (Phi) is 8.58. The molecule has 0 fully saturated rings. The van der Waals surface area contributed by atoms with E-state index in [1.54, 1.807) is 38.4 Å². The van der Waals surface area contributed by atoms with E-state index in [1.807, 2.05) is 61.5 Å². The van der Waals surface area contributed by atoms with E-state index in [2.05, 4.69) is 0 Å². The molecule has 3 amide bonds. The Morgan fingerprint density at radius 2 is 1.37 bits per heavy atom. The lowest BCUT2D eigenvalue weighted by molar-refractivity contribution is -0.121. The van der Waals surface area contributed by atoms with Crippen molar-refractivity contribution in [3.8, 4) is 5.75 Å². The Hall–Kier alpha value is -4.17. The summed E-state index contributed by atoms with van der Waals surface area (Å²) in [6, 6.07) is 23.5. The standard InChI is InChI=1S/C27H30N4O4/c1-20-9-7-12-22(15-20)30(3)27(34)19-35-24-14-8-13-23(16-24)31(25(32)17-28)18-26(33)29(2)21-10-5-4-6-11-21/h4-16H,17-19,28H2,1-3H3. The van der Waals surface area contributed by atoms with Crippen molar-refractivity contribution >= 4 is 34.8 Å². The maximum Gasteiger partial charge on any atom is 0.264 e. The predicted octanol–water partition coefficient (Wildman–Crippen LogP) is 2.99. The number of nitrogens with zero attached hydrogens (tertiary/aromatic N) is 3. The van der Waals surface area contributed by atoms with Crippen LogP contribution in [0, 0.1) is 6.92 Å². The number of likely N-dealkylation sites (N-methyl/N-ethyl adjacent to an activating group) is 2. The fourth-order valence-corrected chi connectivity index (χ4v) is 3.43. The van der Waals surface area contributed by atoms with Crippen LogP contribution >= 0.6 is 0 Å². The van der Waals surface area contributed by atoms with E-state index in [4.69, 9.17) is 10.5 Å². The molecule has 0 aliphatic carbocycles. The molecule has 0 unspecified atom stereocenters. The van der Waals surface area contributed by atoms with Gasteiger partial charge in [-0.2, -0.15) is 0 Å². The molecule has 0 saturated heterocycles. The number of carbonyl (C=O) groups excluding carboxylic acids is 3. The molecule has 0 bridgehead atoms. The summed E-state index contributed by atoms with van der Waals surface area (Å²) >= 11 is 0. The summed E-state index contributed by atoms with van der Waals surface area (Å²) in [6.07, 6.45) is 0. The molecular formula is C27H30N4O4. The summed E-state index contributed by atoms with van der Waals surface area (Å²) in [6.45, 7) is 1.32. The van der Waals surface area contributed by atoms with Crippen molar-refractivity contribution in [1.29, 1.82) is 0 Å². The molecule has 35 heavy (non-hydrogen) atoms. The number of amides is 3. The van der Waals surface area contributed by atoms with E-state index < -0.39 is 5.91 Å². The van der Waals surface area contributed by atoms with Crippen molar-refractivity contribution in [2.24, 2.45) is 5.73 Å². The Morgan fingerprint density at radius 3 is 2.06 bits per heavy atom. The van der Waals surface area contributed by atoms with Crippen LogP contribution in [0.1, 0.15) is 5.56 Å². The number of aryl methyl sites for hydroxylation is 1. The second-order valence-electron chi connectivity index (χ2n) is 8.05. The zero-order chi connectivity index (χ0) is 25.4. The molecule has 0 aromatic heterocycles. The molecule has 182 valence electrons. The van der Waals surface area contributed by atoms with Crippen LogP contribution in [0.2, 0.25) is 0 Å². The van der Waals surface area contributed by atoms with Gasteiger partial charge in [0.15, 0.2) is 6.61 Å². The molecule has 2 N–H and O–H groups in total. The lowest BCUT2D eigenvalue weighted by atomic mass is 10.2. The maximum atomic E-state index is 12.9. The fourth-order valence-electron chi connectivity index (χ4n) is 3.43. The van der Waals surface area contributed by atoms with E-state index in [-0.39, 0.29) is 31.5 Å². The summed E-state index contributed by atoms with van der Waals surface area (Å²) in [7, 11) is 3.34. The van der Waals surface area contributed by atoms with Crippen molar-refractivity contribution in [1.82, 2.24) is 0 Å². The second-order valence-corrected chi connectivity index (χ2v) is 8.05. The SMILES string of the molecule is Cc1cccc(N(C)C(=O)COc2cccc(N(CC(=O)N(C)c3ccccc3)C(=O)CN)c2)c1. The average Bonchev–Trinajstić information content (AvgIpc) is 2.89. The van der Waals surface area contributed by atoms with Gasteiger partial charge in [-0.05, 0) is 48.9 Å². The van der Waals surface area contributed by atoms with Crippen LogP contribution in [0.25, 0.3) is 0 Å². The van der Waals surface area contributed by atoms with Crippen molar-refractivity contribution < 1.29 is 19.1 Å². The molecule has 0 atom stereocenters. The minimum atomic E-state index is -0.410. The first-order valence-corrected chi connectivity index (χ1v) is 11.2. The summed E-state index contributed by atoms with van der Waals surface area (Å²) in [5, 5.41) is 0. The molecule has 3 aromatic carbocycles. The molecule has 0 aliphatic rings. The first-order chi connectivity index (χ1) is 16.8. The maximum absolute atomic E-state index is 12.9. The normalized spacial score (nSPS) is 10.4. The first kappa shape index (κ1) is 25.5. The summed E-state index contributed by atoms with van der Waals surface area (Å²) in [4.78, 5) is 42.4. The second kappa shape index (κ2) is 11.8. The summed E-state index contributed by atoms with van der Waals surface area (Å²) in [5.41, 5.74) is 8.60. The zero-order valence-corrected chi connectivity index (χ0v) is 20.2. The van der Waals surface area contributed by atoms with Crippen LogP contribution in [-0.2, 0) is 14.4 Å². The van der Waals surface area contributed by atoms with E-state index in [0.717, 1.165) is 11.3 Å². The fraction of sp³-hybridized carbons (Fsp3) is 0.222. The Bertz CT molecular complexity index is 1180. The molecule has 0 heterocycles. The Balaban J connectivity index is 1.70. The number of ether oxygens (including phenoxy) is 1. The molecule has 0 spiro atoms. The predicted molar refractivity (Wildman–Crippen MR) is 138 cm³/mol. The molecule has 0 aliphatic heterocycles. The zero-order valence-electron chi connectivity index (χ0n) is 20.2. The van der Waals surface area contributed by atoms with Gasteiger partial charge in [-0.3, -0.25) is 14.4 Å². The quantitative estimate of drug-likeness (QED) is 0.514. The number of hydrogen-bond donors (Lipinski definition) is 1. The third-order valence-corrected chi connectivity index (χ3v) is 5.54. The average molecular weight is 475 g/mol. The number of rotatable bonds is 9. The van der Waals surface area contributed by atoms with Gasteiger partial charge in [-0.15, -0.1) is 0 Å². The highest BCUT2D eigenvalue weighted by Crippen LogP contribution is 2.23. The van der Waals surface area contributed by atoms with E-state index in [1.165, 1.54) is 14.7 Å². The lowest BCUT2D eigenvalue weighted by Gasteiger charge is -2.25. The van der Waals surface area contributed by atoms with Crippen LogP contribution in [0.3, 0.4) is 0 Å². The first-order valence-electron chi connectivity index (χ1n) is 11.2. The molecule has 0 radical (unpaired) electrons. The van der Waals surface area contributed by atoms with Gasteiger partial charge in [0.05, 0.1) is 6.54 Å². The number of benzene rings is 3. The largest absolute Gasteiger partial charge is 0.484 e. The number of hydrogen-bond acceptors (Lipinski definition) is 5. The van der Waals surface area contributed by atoms with Crippen LogP contribution < -0.4 is 25.2 Å². The van der Waals surface area contributed by atoms with Gasteiger partial charge in [0.2, 0.25) is 11.8 Å². The third-order valence-electron chi connectivity index (χ3n) is 5.54. The number of carbonyl (C=O) groups is 3. The van der Waals surface area contributed by atoms with E-state index in [0.29, 0.717) is 17.1 Å². The van der Waals surface area contributed by atoms with E-state index in [9.17, 15) is 14.4 Å². The minimum Gasteiger partial charge on any atom is -0.484 e. The number of nitrogens with two attached hydrogens (primary N) is 1. The number of para-hydroxylation sites is 1. The smallest absolute Gasteiger partial charge is 0.264 e. The Labute approximate surface area is 205 Å². The van der Waals surface area contributed by atoms with Crippen LogP contribution in [0.4, 0.5) is 17.1 Å². The third kappa shape index (κ3) is 6.68. The van der Waals surface area contributed by atoms with Gasteiger partial charge >= 0.3 is 0 Å². The lowest BCUT2D eigenvalue weighted by Crippen LogP contribution is -2.44. The van der Waals surface area contributed by atoms with Gasteiger partial charge in [-0.1, -0.05) is 36.4 Å². The van der Waals surface area contributed by atoms with Gasteiger partial charge in [0, 0.05) is 37.2 Å². The van der Waals surface area contributed by atoms with E-state index >= 15 is 0 Å². The highest BCUT2D eigenvalue weighted by Gasteiger charge is 2.21. The topological polar surface area (TPSA) is 96.2 Å². The minimum absolute atomic E-state index is 0.186. The molecule has 3 rings (SSSR count). The van der Waals surface area contributed by atoms with Crippen LogP contribution in [0.15, 0.2) is 78.9 Å².